The molecule has 2 aromatic carbocycles. The van der Waals surface area contributed by atoms with Crippen LogP contribution in [0.4, 0.5) is 5.69 Å². The summed E-state index contributed by atoms with van der Waals surface area (Å²) in [7, 11) is 0. The lowest BCUT2D eigenvalue weighted by Gasteiger charge is -2.06. The van der Waals surface area contributed by atoms with E-state index in [9.17, 15) is 4.79 Å². The number of hydrogen-bond donors (Lipinski definition) is 1. The first kappa shape index (κ1) is 13.2. The Kier molecular flexibility index (Phi) is 3.81. The van der Waals surface area contributed by atoms with Gasteiger partial charge < -0.3 is 5.73 Å². The molecule has 0 fully saturated rings. The van der Waals surface area contributed by atoms with Crippen molar-refractivity contribution < 1.29 is 4.79 Å². The number of ketones is 1. The molecular weight excluding hydrogens is 293 g/mol. The Morgan fingerprint density at radius 2 is 1.56 bits per heavy atom. The zero-order valence-electron chi connectivity index (χ0n) is 9.08. The van der Waals surface area contributed by atoms with Gasteiger partial charge in [-0.15, -0.1) is 0 Å². The average molecular weight is 301 g/mol. The molecule has 0 saturated carbocycles. The molecule has 0 saturated heterocycles. The van der Waals surface area contributed by atoms with Crippen molar-refractivity contribution in [2.24, 2.45) is 0 Å². The van der Waals surface area contributed by atoms with E-state index in [-0.39, 0.29) is 21.5 Å². The SMILES string of the molecule is Nc1c(Cl)cc(C(=O)c2cccc(Cl)c2)cc1Cl. The molecule has 5 heteroatoms. The van der Waals surface area contributed by atoms with Crippen molar-refractivity contribution in [2.75, 3.05) is 5.73 Å². The summed E-state index contributed by atoms with van der Waals surface area (Å²) in [5.74, 6) is -0.207. The maximum Gasteiger partial charge on any atom is 0.193 e. The molecule has 2 aromatic rings. The lowest BCUT2D eigenvalue weighted by Crippen LogP contribution is -2.02. The quantitative estimate of drug-likeness (QED) is 0.657. The van der Waals surface area contributed by atoms with Gasteiger partial charge in [0.15, 0.2) is 5.78 Å². The fourth-order valence-corrected chi connectivity index (χ4v) is 2.19. The van der Waals surface area contributed by atoms with E-state index >= 15 is 0 Å². The second-order valence-corrected chi connectivity index (χ2v) is 4.94. The summed E-state index contributed by atoms with van der Waals surface area (Å²) in [5.41, 5.74) is 6.73. The standard InChI is InChI=1S/C13H8Cl3NO/c14-9-3-1-2-7(4-9)13(18)8-5-10(15)12(17)11(16)6-8/h1-6H,17H2. The fourth-order valence-electron chi connectivity index (χ4n) is 1.51. The van der Waals surface area contributed by atoms with E-state index in [2.05, 4.69) is 0 Å². The molecule has 0 amide bonds. The van der Waals surface area contributed by atoms with Crippen LogP contribution in [0, 0.1) is 0 Å². The zero-order valence-corrected chi connectivity index (χ0v) is 11.4. The first-order valence-electron chi connectivity index (χ1n) is 5.04. The third kappa shape index (κ3) is 2.61. The number of rotatable bonds is 2. The second kappa shape index (κ2) is 5.19. The minimum Gasteiger partial charge on any atom is -0.396 e. The van der Waals surface area contributed by atoms with Crippen molar-refractivity contribution in [3.05, 3.63) is 62.6 Å². The van der Waals surface area contributed by atoms with Gasteiger partial charge in [0.1, 0.15) is 0 Å². The smallest absolute Gasteiger partial charge is 0.193 e. The van der Waals surface area contributed by atoms with Crippen LogP contribution in [-0.4, -0.2) is 5.78 Å². The van der Waals surface area contributed by atoms with E-state index in [1.165, 1.54) is 12.1 Å². The van der Waals surface area contributed by atoms with Crippen molar-refractivity contribution in [1.29, 1.82) is 0 Å². The summed E-state index contributed by atoms with van der Waals surface area (Å²) in [6.45, 7) is 0. The van der Waals surface area contributed by atoms with Crippen molar-refractivity contribution in [3.8, 4) is 0 Å². The molecular formula is C13H8Cl3NO. The molecule has 0 heterocycles. The molecule has 0 radical (unpaired) electrons. The molecule has 0 aliphatic heterocycles. The molecule has 0 aliphatic carbocycles. The van der Waals surface area contributed by atoms with E-state index in [0.717, 1.165) is 0 Å². The molecule has 0 bridgehead atoms. The van der Waals surface area contributed by atoms with Gasteiger partial charge in [-0.1, -0.05) is 46.9 Å². The lowest BCUT2D eigenvalue weighted by atomic mass is 10.0. The largest absolute Gasteiger partial charge is 0.396 e. The van der Waals surface area contributed by atoms with Gasteiger partial charge >= 0.3 is 0 Å². The predicted octanol–water partition coefficient (Wildman–Crippen LogP) is 4.46. The Hall–Kier alpha value is -1.22. The van der Waals surface area contributed by atoms with Gasteiger partial charge in [-0.2, -0.15) is 0 Å². The van der Waals surface area contributed by atoms with E-state index < -0.39 is 0 Å². The normalized spacial score (nSPS) is 10.4. The van der Waals surface area contributed by atoms with Crippen LogP contribution in [0.25, 0.3) is 0 Å². The van der Waals surface area contributed by atoms with E-state index in [4.69, 9.17) is 40.5 Å². The highest BCUT2D eigenvalue weighted by Gasteiger charge is 2.13. The van der Waals surface area contributed by atoms with E-state index in [0.29, 0.717) is 16.1 Å². The summed E-state index contributed by atoms with van der Waals surface area (Å²) in [4.78, 5) is 12.2. The van der Waals surface area contributed by atoms with E-state index in [1.54, 1.807) is 24.3 Å². The van der Waals surface area contributed by atoms with Gasteiger partial charge in [-0.05, 0) is 24.3 Å². The van der Waals surface area contributed by atoms with Gasteiger partial charge in [-0.25, -0.2) is 0 Å². The van der Waals surface area contributed by atoms with Gasteiger partial charge in [0.2, 0.25) is 0 Å². The number of halogens is 3. The Labute approximate surface area is 119 Å². The molecule has 0 aliphatic rings. The van der Waals surface area contributed by atoms with Crippen LogP contribution in [0.2, 0.25) is 15.1 Å². The number of nitrogens with two attached hydrogens (primary N) is 1. The minimum absolute atomic E-state index is 0.207. The third-order valence-electron chi connectivity index (χ3n) is 2.43. The third-order valence-corrected chi connectivity index (χ3v) is 3.29. The Morgan fingerprint density at radius 3 is 2.11 bits per heavy atom. The molecule has 0 spiro atoms. The molecule has 18 heavy (non-hydrogen) atoms. The molecule has 92 valence electrons. The Bertz CT molecular complexity index is 602. The maximum absolute atomic E-state index is 12.2. The number of benzene rings is 2. The van der Waals surface area contributed by atoms with Crippen LogP contribution in [0.3, 0.4) is 0 Å². The number of anilines is 1. The minimum atomic E-state index is -0.207. The highest BCUT2D eigenvalue weighted by atomic mass is 35.5. The monoisotopic (exact) mass is 299 g/mol. The molecule has 0 unspecified atom stereocenters. The zero-order chi connectivity index (χ0) is 13.3. The highest BCUT2D eigenvalue weighted by Crippen LogP contribution is 2.30. The summed E-state index contributed by atoms with van der Waals surface area (Å²) < 4.78 is 0. The first-order chi connectivity index (χ1) is 8.49. The van der Waals surface area contributed by atoms with Crippen LogP contribution in [0.1, 0.15) is 15.9 Å². The fraction of sp³-hybridized carbons (Fsp3) is 0. The molecule has 2 nitrogen and oxygen atoms in total. The van der Waals surface area contributed by atoms with Gasteiger partial charge in [0.05, 0.1) is 15.7 Å². The number of carbonyl (C=O) groups is 1. The van der Waals surface area contributed by atoms with Crippen molar-refractivity contribution in [1.82, 2.24) is 0 Å². The summed E-state index contributed by atoms with van der Waals surface area (Å²) in [5, 5.41) is 1.01. The van der Waals surface area contributed by atoms with Crippen LogP contribution in [0.15, 0.2) is 36.4 Å². The number of nitrogen functional groups attached to an aromatic ring is 1. The second-order valence-electron chi connectivity index (χ2n) is 3.69. The topological polar surface area (TPSA) is 43.1 Å². The van der Waals surface area contributed by atoms with Crippen molar-refractivity contribution in [2.45, 2.75) is 0 Å². The van der Waals surface area contributed by atoms with Gasteiger partial charge in [0.25, 0.3) is 0 Å². The molecule has 0 aromatic heterocycles. The molecule has 2 N–H and O–H groups in total. The maximum atomic E-state index is 12.2. The van der Waals surface area contributed by atoms with Crippen molar-refractivity contribution >= 4 is 46.3 Å². The predicted molar refractivity (Wildman–Crippen MR) is 75.8 cm³/mol. The van der Waals surface area contributed by atoms with Gasteiger partial charge in [0, 0.05) is 16.1 Å². The van der Waals surface area contributed by atoms with Crippen molar-refractivity contribution in [3.63, 3.8) is 0 Å². The first-order valence-corrected chi connectivity index (χ1v) is 6.17. The lowest BCUT2D eigenvalue weighted by molar-refractivity contribution is 0.103. The number of hydrogen-bond acceptors (Lipinski definition) is 2. The van der Waals surface area contributed by atoms with Crippen LogP contribution < -0.4 is 5.73 Å². The summed E-state index contributed by atoms with van der Waals surface area (Å²) in [6.07, 6.45) is 0. The number of carbonyl (C=O) groups excluding carboxylic acids is 1. The average Bonchev–Trinajstić information content (AvgIpc) is 2.34. The Balaban J connectivity index is 2.47. The summed E-state index contributed by atoms with van der Waals surface area (Å²) in [6, 6.07) is 9.64. The highest BCUT2D eigenvalue weighted by molar-refractivity contribution is 6.39. The van der Waals surface area contributed by atoms with Crippen LogP contribution >= 0.6 is 34.8 Å². The summed E-state index contributed by atoms with van der Waals surface area (Å²) >= 11 is 17.6. The molecule has 0 atom stereocenters. The van der Waals surface area contributed by atoms with Crippen LogP contribution in [-0.2, 0) is 0 Å². The molecule has 2 rings (SSSR count). The van der Waals surface area contributed by atoms with Gasteiger partial charge in [-0.3, -0.25) is 4.79 Å². The van der Waals surface area contributed by atoms with Crippen LogP contribution in [0.5, 0.6) is 0 Å². The Morgan fingerprint density at radius 1 is 0.944 bits per heavy atom. The van der Waals surface area contributed by atoms with E-state index in [1.807, 2.05) is 0 Å².